The Morgan fingerprint density at radius 3 is 0.907 bits per heavy atom. The highest BCUT2D eigenvalue weighted by Gasteiger charge is 2.45. The molecule has 51 heteroatoms. The van der Waals surface area contributed by atoms with Crippen molar-refractivity contribution in [3.8, 4) is 33.8 Å². The van der Waals surface area contributed by atoms with Gasteiger partial charge in [0.15, 0.2) is 55.0 Å². The molecule has 0 atom stereocenters. The van der Waals surface area contributed by atoms with Gasteiger partial charge in [-0.1, -0.05) is 217 Å². The largest absolute Gasteiger partial charge is 0.461 e. The van der Waals surface area contributed by atoms with E-state index >= 15 is 13.2 Å². The van der Waals surface area contributed by atoms with E-state index in [4.69, 9.17) is 58.0 Å². The number of ether oxygens (including phenoxy) is 1. The van der Waals surface area contributed by atoms with Crippen molar-refractivity contribution in [1.82, 2.24) is 39.3 Å². The molecule has 0 radical (unpaired) electrons. The molecule has 0 bridgehead atoms. The number of carbonyl (C=O) groups is 3. The number of anilines is 2. The van der Waals surface area contributed by atoms with Gasteiger partial charge in [-0.25, -0.2) is 92.5 Å². The third-order valence-electron chi connectivity index (χ3n) is 24.6. The van der Waals surface area contributed by atoms with Crippen LogP contribution in [0.1, 0.15) is 311 Å². The van der Waals surface area contributed by atoms with Gasteiger partial charge in [-0.3, -0.25) is 4.79 Å². The van der Waals surface area contributed by atoms with Gasteiger partial charge in [0, 0.05) is 33.5 Å². The lowest BCUT2D eigenvalue weighted by Crippen LogP contribution is -2.40. The maximum atomic E-state index is 16.2. The Bertz CT molecular complexity index is 6460. The summed E-state index contributed by atoms with van der Waals surface area (Å²) >= 11 is 19.1. The van der Waals surface area contributed by atoms with Crippen molar-refractivity contribution in [3.05, 3.63) is 178 Å². The fraction of sp³-hybridized carbons (Fsp3) is 0.545. The first-order valence-corrected chi connectivity index (χ1v) is 64.1. The van der Waals surface area contributed by atoms with E-state index in [0.717, 1.165) is 59.9 Å². The Morgan fingerprint density at radius 1 is 0.407 bits per heavy atom. The molecule has 0 saturated carbocycles. The van der Waals surface area contributed by atoms with Crippen molar-refractivity contribution in [2.45, 2.75) is 355 Å². The maximum absolute atomic E-state index is 16.2. The number of alkyl halides is 12. The highest BCUT2D eigenvalue weighted by Crippen LogP contribution is 2.48. The number of aromatic nitrogens is 6. The fourth-order valence-corrected chi connectivity index (χ4v) is 23.2. The molecular formula is C99H136Cl3F12N11O16S6Si3. The van der Waals surface area contributed by atoms with Crippen LogP contribution in [0.5, 0.6) is 0 Å². The first-order valence-electron chi connectivity index (χ1n) is 47.2. The number of pyridine rings is 3. The minimum absolute atomic E-state index is 0.00382. The van der Waals surface area contributed by atoms with Crippen molar-refractivity contribution in [2.75, 3.05) is 17.2 Å². The number of carbonyl (C=O) groups excluding carboxylic acids is 3. The number of amides is 4. The molecule has 0 aliphatic carbocycles. The normalized spacial score (nSPS) is 13.3. The molecule has 150 heavy (non-hydrogen) atoms. The number of aliphatic hydroxyl groups is 3. The Morgan fingerprint density at radius 2 is 0.667 bits per heavy atom. The van der Waals surface area contributed by atoms with Gasteiger partial charge in [0.1, 0.15) is 55.5 Å². The standard InChI is InChI=1S/2C32H44F4N4O5S2Si.C22H22Cl3F4NO2.C13H26N2O4S2Si/c2*1-17(2)22-23(33)25(19-13-12-14-20(15-19)32(34,35)36)38-24(18(3)4)26(22)39-29(41)40-47(43,44)27-21(37-28(46-27)31(8,9)42)16-45-48(10,11)30(5,6)7;1-11(2)17-15(9-16(31)32-10-21(23,24)25)19(12(3)4)30-20(18(17)26)13-6-5-7-14(8-13)22(27,28)29;1-12(2,3)22(6,7)19-8-9-10(21(14,17)18)20-11(15-9)13(4,5)16/h2*12-15,17-18,42H,16H2,1-11H3,(H2,39,40,41);5-8,11-12H,9-10H2,1-4H3;16H,8H2,1-7H3,(H2,14,17,18). The smallest absolute Gasteiger partial charge is 0.416 e. The Kier molecular flexibility index (Phi) is 42.4. The molecule has 27 nitrogen and oxygen atoms in total. The molecule has 0 saturated heterocycles. The number of sulfonamides is 3. The first kappa shape index (κ1) is 131. The Hall–Kier alpha value is -7.74. The molecular weight excluding hydrogens is 2210 g/mol. The second-order valence-corrected chi connectivity index (χ2v) is 69.3. The number of nitrogens with one attached hydrogen (secondary N) is 4. The summed E-state index contributed by atoms with van der Waals surface area (Å²) in [5.74, 6) is -6.20. The molecule has 0 aliphatic rings. The first-order chi connectivity index (χ1) is 67.5. The maximum Gasteiger partial charge on any atom is 0.416 e. The molecule has 9 N–H and O–H groups in total. The van der Waals surface area contributed by atoms with Gasteiger partial charge in [-0.05, 0) is 179 Å². The van der Waals surface area contributed by atoms with Gasteiger partial charge in [-0.2, -0.15) is 39.5 Å². The Labute approximate surface area is 900 Å². The summed E-state index contributed by atoms with van der Waals surface area (Å²) in [6.07, 6.45) is -14.2. The van der Waals surface area contributed by atoms with Crippen LogP contribution in [-0.4, -0.2) is 124 Å². The summed E-state index contributed by atoms with van der Waals surface area (Å²) in [5, 5.41) is 41.5. The summed E-state index contributed by atoms with van der Waals surface area (Å²) in [6.45, 7) is 59.0. The summed E-state index contributed by atoms with van der Waals surface area (Å²) in [7, 11) is -19.9. The van der Waals surface area contributed by atoms with Gasteiger partial charge in [-0.15, -0.1) is 34.0 Å². The number of esters is 1. The van der Waals surface area contributed by atoms with E-state index in [2.05, 4.69) is 74.4 Å². The van der Waals surface area contributed by atoms with E-state index in [9.17, 15) is 94.5 Å². The lowest BCUT2D eigenvalue weighted by Gasteiger charge is -2.36. The SMILES string of the molecule is CC(C)(O)c1nc(CO[Si](C)(C)C(C)(C)C)c(S(N)(=O)=O)s1.CC(C)c1nc(-c2cccc(C(F)(F)F)c2)c(F)c(C(C)C)c1CC(=O)OCC(Cl)(Cl)Cl.CC(C)c1nc(-c2cccc(C(F)(F)F)c2)c(F)c(C(C)C)c1NC(=O)NS(=O)(=O)c1sc(C(C)(C)O)nc1CO[Si](C)(C)C(C)(C)C.CC(C)c1nc(-c2cccc(C(F)(F)F)c2)c(F)c(C(C)C)c1NC(=O)NS(=O)(=O)c1sc(C(C)(C)O)nc1CO[Si](C)(C)C(C)(C)C. The topological polar surface area (TPSA) is 403 Å². The van der Waals surface area contributed by atoms with Gasteiger partial charge in [0.25, 0.3) is 20.0 Å². The molecule has 6 aromatic heterocycles. The second-order valence-electron chi connectivity index (χ2n) is 43.8. The predicted molar refractivity (Wildman–Crippen MR) is 571 cm³/mol. The van der Waals surface area contributed by atoms with E-state index in [-0.39, 0.29) is 160 Å². The van der Waals surface area contributed by atoms with Crippen LogP contribution in [0.25, 0.3) is 33.8 Å². The number of halogens is 15. The van der Waals surface area contributed by atoms with E-state index in [1.54, 1.807) is 96.9 Å². The Balaban J connectivity index is 0.000000317. The van der Waals surface area contributed by atoms with Crippen LogP contribution in [0.15, 0.2) is 85.4 Å². The van der Waals surface area contributed by atoms with E-state index in [0.29, 0.717) is 38.9 Å². The number of rotatable bonds is 31. The molecule has 0 unspecified atom stereocenters. The zero-order valence-electron chi connectivity index (χ0n) is 90.0. The van der Waals surface area contributed by atoms with Crippen molar-refractivity contribution in [3.63, 3.8) is 0 Å². The number of nitrogens with two attached hydrogens (primary N) is 1. The molecule has 836 valence electrons. The van der Waals surface area contributed by atoms with E-state index in [1.807, 2.05) is 77.2 Å². The highest BCUT2D eigenvalue weighted by molar-refractivity contribution is 7.92. The van der Waals surface area contributed by atoms with Crippen molar-refractivity contribution >= 4 is 153 Å². The average Bonchev–Trinajstić information content (AvgIpc) is 1.00. The van der Waals surface area contributed by atoms with Crippen molar-refractivity contribution in [2.24, 2.45) is 5.14 Å². The predicted octanol–water partition coefficient (Wildman–Crippen LogP) is 27.9. The molecule has 6 heterocycles. The number of urea groups is 2. The van der Waals surface area contributed by atoms with Crippen molar-refractivity contribution < 1.29 is 126 Å². The molecule has 9 aromatic rings. The number of thiazole rings is 3. The number of benzene rings is 3. The van der Waals surface area contributed by atoms with Crippen LogP contribution < -0.4 is 25.2 Å². The average molecular weight is 2350 g/mol. The molecule has 0 fully saturated rings. The van der Waals surface area contributed by atoms with Gasteiger partial charge in [0.2, 0.25) is 13.8 Å². The highest BCUT2D eigenvalue weighted by atomic mass is 35.6. The zero-order chi connectivity index (χ0) is 116. The molecule has 0 spiro atoms. The number of primary sulfonamides is 1. The zero-order valence-corrected chi connectivity index (χ0v) is 100. The van der Waals surface area contributed by atoms with E-state index < -0.39 is 183 Å². The molecule has 3 aromatic carbocycles. The molecule has 9 rings (SSSR count). The minimum Gasteiger partial charge on any atom is -0.461 e. The van der Waals surface area contributed by atoms with Crippen LogP contribution in [0.2, 0.25) is 54.4 Å². The van der Waals surface area contributed by atoms with E-state index in [1.165, 1.54) is 52.0 Å². The van der Waals surface area contributed by atoms with Gasteiger partial charge >= 0.3 is 36.6 Å². The number of nitrogens with zero attached hydrogens (tertiary/aromatic N) is 6. The summed E-state index contributed by atoms with van der Waals surface area (Å²) < 4.78 is 271. The van der Waals surface area contributed by atoms with Crippen LogP contribution in [0.4, 0.5) is 73.6 Å². The fourth-order valence-electron chi connectivity index (χ4n) is 13.5. The van der Waals surface area contributed by atoms with Gasteiger partial charge in [0.05, 0.1) is 82.8 Å². The van der Waals surface area contributed by atoms with Crippen LogP contribution >= 0.6 is 68.8 Å². The number of hydrogen-bond acceptors (Lipinski definition) is 25. The second kappa shape index (κ2) is 48.5. The van der Waals surface area contributed by atoms with Crippen LogP contribution in [0.3, 0.4) is 0 Å². The molecule has 4 amide bonds. The van der Waals surface area contributed by atoms with Crippen LogP contribution in [-0.2, 0) is 114 Å². The summed E-state index contributed by atoms with van der Waals surface area (Å²) in [5.41, 5.74) is -6.98. The van der Waals surface area contributed by atoms with Crippen LogP contribution in [0, 0.1) is 17.5 Å². The minimum atomic E-state index is -4.66. The summed E-state index contributed by atoms with van der Waals surface area (Å²) in [4.78, 5) is 65.1. The third kappa shape index (κ3) is 34.4. The molecule has 0 aliphatic heterocycles. The lowest BCUT2D eigenvalue weighted by molar-refractivity contribution is -0.143. The monoisotopic (exact) mass is 2340 g/mol. The quantitative estimate of drug-likeness (QED) is 0.00866. The summed E-state index contributed by atoms with van der Waals surface area (Å²) in [6, 6.07) is 10.2. The van der Waals surface area contributed by atoms with Crippen molar-refractivity contribution in [1.29, 1.82) is 0 Å². The van der Waals surface area contributed by atoms with Gasteiger partial charge < -0.3 is 44.0 Å². The number of hydrogen-bond donors (Lipinski definition) is 8. The third-order valence-corrected chi connectivity index (χ3v) is 47.8. The lowest BCUT2D eigenvalue weighted by atomic mass is 9.88.